The second-order valence-electron chi connectivity index (χ2n) is 6.21. The predicted molar refractivity (Wildman–Crippen MR) is 101 cm³/mol. The number of hydrogen-bond donors (Lipinski definition) is 2. The first-order valence-corrected chi connectivity index (χ1v) is 8.57. The number of carboxylic acid groups (broad SMARTS) is 1. The van der Waals surface area contributed by atoms with Crippen molar-refractivity contribution in [3.63, 3.8) is 0 Å². The van der Waals surface area contributed by atoms with Gasteiger partial charge < -0.3 is 19.5 Å². The predicted octanol–water partition coefficient (Wildman–Crippen LogP) is 3.34. The standard InChI is InChI=1S/C20H16N4O4/c25-19(26)11-16(13-4-2-1-3-5-13)24-12-21-15-7-6-14(10-17(15)24)23-20(27)18-8-9-22-28-18/h1-10,12,16H,11H2,(H,23,27)(H,25,26). The fourth-order valence-corrected chi connectivity index (χ4v) is 3.10. The largest absolute Gasteiger partial charge is 0.481 e. The molecular formula is C20H16N4O4. The molecule has 1 atom stereocenters. The van der Waals surface area contributed by atoms with E-state index < -0.39 is 17.9 Å². The van der Waals surface area contributed by atoms with E-state index in [1.165, 1.54) is 12.3 Å². The molecule has 8 nitrogen and oxygen atoms in total. The lowest BCUT2D eigenvalue weighted by Gasteiger charge is -2.18. The molecule has 0 spiro atoms. The third-order valence-electron chi connectivity index (χ3n) is 4.38. The third kappa shape index (κ3) is 3.48. The smallest absolute Gasteiger partial charge is 0.305 e. The van der Waals surface area contributed by atoms with Crippen LogP contribution in [-0.4, -0.2) is 31.7 Å². The van der Waals surface area contributed by atoms with Gasteiger partial charge in [-0.3, -0.25) is 9.59 Å². The summed E-state index contributed by atoms with van der Waals surface area (Å²) in [5.74, 6) is -1.24. The number of amides is 1. The number of anilines is 1. The fourth-order valence-electron chi connectivity index (χ4n) is 3.10. The maximum Gasteiger partial charge on any atom is 0.305 e. The Balaban J connectivity index is 1.72. The SMILES string of the molecule is O=C(O)CC(c1ccccc1)n1cnc2ccc(NC(=O)c3ccno3)cc21. The molecule has 2 heterocycles. The van der Waals surface area contributed by atoms with E-state index in [1.54, 1.807) is 24.5 Å². The van der Waals surface area contributed by atoms with Gasteiger partial charge >= 0.3 is 5.97 Å². The van der Waals surface area contributed by atoms with Gasteiger partial charge in [0.05, 0.1) is 36.0 Å². The highest BCUT2D eigenvalue weighted by Gasteiger charge is 2.20. The van der Waals surface area contributed by atoms with Crippen molar-refractivity contribution >= 4 is 28.6 Å². The molecule has 2 aromatic heterocycles. The van der Waals surface area contributed by atoms with Crippen molar-refractivity contribution in [1.29, 1.82) is 0 Å². The minimum Gasteiger partial charge on any atom is -0.481 e. The summed E-state index contributed by atoms with van der Waals surface area (Å²) in [6.45, 7) is 0. The van der Waals surface area contributed by atoms with Gasteiger partial charge in [0.15, 0.2) is 0 Å². The minimum absolute atomic E-state index is 0.0931. The number of benzene rings is 2. The zero-order valence-electron chi connectivity index (χ0n) is 14.6. The quantitative estimate of drug-likeness (QED) is 0.534. The van der Waals surface area contributed by atoms with Gasteiger partial charge in [0, 0.05) is 11.8 Å². The second kappa shape index (κ2) is 7.36. The van der Waals surface area contributed by atoms with Crippen LogP contribution in [0.4, 0.5) is 5.69 Å². The van der Waals surface area contributed by atoms with Crippen molar-refractivity contribution < 1.29 is 19.2 Å². The molecule has 0 radical (unpaired) electrons. The molecule has 2 aromatic carbocycles. The maximum absolute atomic E-state index is 12.2. The molecule has 0 saturated heterocycles. The lowest BCUT2D eigenvalue weighted by atomic mass is 10.0. The van der Waals surface area contributed by atoms with Gasteiger partial charge in [-0.1, -0.05) is 35.5 Å². The van der Waals surface area contributed by atoms with Gasteiger partial charge in [0.25, 0.3) is 5.91 Å². The van der Waals surface area contributed by atoms with Crippen molar-refractivity contribution in [3.05, 3.63) is 78.4 Å². The monoisotopic (exact) mass is 376 g/mol. The second-order valence-corrected chi connectivity index (χ2v) is 6.21. The summed E-state index contributed by atoms with van der Waals surface area (Å²) in [5, 5.41) is 15.7. The van der Waals surface area contributed by atoms with Gasteiger partial charge in [0.1, 0.15) is 0 Å². The van der Waals surface area contributed by atoms with Crippen molar-refractivity contribution in [2.75, 3.05) is 5.32 Å². The molecule has 0 aliphatic carbocycles. The molecule has 0 fully saturated rings. The van der Waals surface area contributed by atoms with E-state index in [2.05, 4.69) is 15.5 Å². The average Bonchev–Trinajstić information content (AvgIpc) is 3.37. The highest BCUT2D eigenvalue weighted by molar-refractivity contribution is 6.02. The van der Waals surface area contributed by atoms with E-state index >= 15 is 0 Å². The Morgan fingerprint density at radius 2 is 1.96 bits per heavy atom. The fraction of sp³-hybridized carbons (Fsp3) is 0.100. The van der Waals surface area contributed by atoms with Crippen LogP contribution in [0.3, 0.4) is 0 Å². The molecule has 0 aliphatic rings. The number of carbonyl (C=O) groups is 2. The molecule has 8 heteroatoms. The average molecular weight is 376 g/mol. The third-order valence-corrected chi connectivity index (χ3v) is 4.38. The summed E-state index contributed by atoms with van der Waals surface area (Å²) >= 11 is 0. The summed E-state index contributed by atoms with van der Waals surface area (Å²) in [6, 6.07) is 15.7. The molecule has 2 N–H and O–H groups in total. The Hall–Kier alpha value is -3.94. The summed E-state index contributed by atoms with van der Waals surface area (Å²) in [4.78, 5) is 28.0. The summed E-state index contributed by atoms with van der Waals surface area (Å²) in [5.41, 5.74) is 2.81. The summed E-state index contributed by atoms with van der Waals surface area (Å²) in [6.07, 6.45) is 2.92. The lowest BCUT2D eigenvalue weighted by Crippen LogP contribution is -2.15. The summed E-state index contributed by atoms with van der Waals surface area (Å²) in [7, 11) is 0. The Morgan fingerprint density at radius 1 is 1.14 bits per heavy atom. The first-order valence-electron chi connectivity index (χ1n) is 8.57. The number of aromatic nitrogens is 3. The summed E-state index contributed by atoms with van der Waals surface area (Å²) < 4.78 is 6.67. The highest BCUT2D eigenvalue weighted by atomic mass is 16.5. The van der Waals surface area contributed by atoms with E-state index in [0.717, 1.165) is 5.56 Å². The molecule has 1 unspecified atom stereocenters. The normalized spacial score (nSPS) is 12.0. The lowest BCUT2D eigenvalue weighted by molar-refractivity contribution is -0.137. The van der Waals surface area contributed by atoms with Crippen LogP contribution in [0.15, 0.2) is 71.6 Å². The number of carboxylic acids is 1. The number of nitrogens with zero attached hydrogens (tertiary/aromatic N) is 3. The van der Waals surface area contributed by atoms with Crippen molar-refractivity contribution in [1.82, 2.24) is 14.7 Å². The topological polar surface area (TPSA) is 110 Å². The number of imidazole rings is 1. The van der Waals surface area contributed by atoms with Crippen molar-refractivity contribution in [2.45, 2.75) is 12.5 Å². The van der Waals surface area contributed by atoms with Crippen LogP contribution in [-0.2, 0) is 4.79 Å². The molecule has 4 rings (SSSR count). The molecular weight excluding hydrogens is 360 g/mol. The van der Waals surface area contributed by atoms with E-state index in [0.29, 0.717) is 16.7 Å². The van der Waals surface area contributed by atoms with E-state index in [4.69, 9.17) is 4.52 Å². The zero-order valence-corrected chi connectivity index (χ0v) is 14.6. The van der Waals surface area contributed by atoms with Crippen LogP contribution < -0.4 is 5.32 Å². The van der Waals surface area contributed by atoms with Gasteiger partial charge in [-0.25, -0.2) is 4.98 Å². The van der Waals surface area contributed by atoms with E-state index in [1.807, 2.05) is 34.9 Å². The van der Waals surface area contributed by atoms with Crippen molar-refractivity contribution in [2.24, 2.45) is 0 Å². The number of hydrogen-bond acceptors (Lipinski definition) is 5. The number of aliphatic carboxylic acids is 1. The first kappa shape index (κ1) is 17.5. The van der Waals surface area contributed by atoms with Crippen LogP contribution in [0.1, 0.15) is 28.6 Å². The van der Waals surface area contributed by atoms with E-state index in [9.17, 15) is 14.7 Å². The Morgan fingerprint density at radius 3 is 2.68 bits per heavy atom. The number of rotatable bonds is 6. The number of fused-ring (bicyclic) bond motifs is 1. The highest BCUT2D eigenvalue weighted by Crippen LogP contribution is 2.28. The molecule has 140 valence electrons. The van der Waals surface area contributed by atoms with Crippen LogP contribution >= 0.6 is 0 Å². The molecule has 0 aliphatic heterocycles. The van der Waals surface area contributed by atoms with Gasteiger partial charge in [-0.15, -0.1) is 0 Å². The van der Waals surface area contributed by atoms with Gasteiger partial charge in [-0.2, -0.15) is 0 Å². The van der Waals surface area contributed by atoms with Crippen LogP contribution in [0, 0.1) is 0 Å². The first-order chi connectivity index (χ1) is 13.6. The Kier molecular flexibility index (Phi) is 4.59. The van der Waals surface area contributed by atoms with Gasteiger partial charge in [0.2, 0.25) is 5.76 Å². The van der Waals surface area contributed by atoms with Crippen LogP contribution in [0.25, 0.3) is 11.0 Å². The molecule has 28 heavy (non-hydrogen) atoms. The molecule has 1 amide bonds. The number of nitrogens with one attached hydrogen (secondary N) is 1. The van der Waals surface area contributed by atoms with Crippen molar-refractivity contribution in [3.8, 4) is 0 Å². The zero-order chi connectivity index (χ0) is 19.5. The minimum atomic E-state index is -0.912. The maximum atomic E-state index is 12.2. The molecule has 0 bridgehead atoms. The van der Waals surface area contributed by atoms with E-state index in [-0.39, 0.29) is 12.2 Å². The molecule has 0 saturated carbocycles. The van der Waals surface area contributed by atoms with Crippen LogP contribution in [0.2, 0.25) is 0 Å². The Labute approximate surface area is 159 Å². The van der Waals surface area contributed by atoms with Crippen LogP contribution in [0.5, 0.6) is 0 Å². The molecule has 4 aromatic rings. The van der Waals surface area contributed by atoms with Gasteiger partial charge in [-0.05, 0) is 23.8 Å². The Bertz CT molecular complexity index is 1120. The number of carbonyl (C=O) groups excluding carboxylic acids is 1.